The summed E-state index contributed by atoms with van der Waals surface area (Å²) in [6.07, 6.45) is 0. The van der Waals surface area contributed by atoms with Gasteiger partial charge in [-0.05, 0) is 18.2 Å². The topological polar surface area (TPSA) is 74.2 Å². The van der Waals surface area contributed by atoms with E-state index < -0.39 is 0 Å². The second kappa shape index (κ2) is 4.10. The molecule has 2 rings (SSSR count). The van der Waals surface area contributed by atoms with Crippen LogP contribution in [-0.4, -0.2) is 17.3 Å². The van der Waals surface area contributed by atoms with Gasteiger partial charge in [0.15, 0.2) is 0 Å². The molecule has 1 aromatic heterocycles. The van der Waals surface area contributed by atoms with Crippen LogP contribution in [0.1, 0.15) is 5.89 Å². The van der Waals surface area contributed by atoms with Gasteiger partial charge in [0.1, 0.15) is 5.75 Å². The van der Waals surface area contributed by atoms with Crippen molar-refractivity contribution in [3.05, 3.63) is 30.2 Å². The lowest BCUT2D eigenvalue weighted by molar-refractivity contribution is 0.414. The molecular weight excluding hydrogens is 194 g/mol. The Morgan fingerprint density at radius 1 is 1.40 bits per heavy atom. The molecule has 0 spiro atoms. The van der Waals surface area contributed by atoms with E-state index in [9.17, 15) is 0 Å². The quantitative estimate of drug-likeness (QED) is 0.815. The normalized spacial score (nSPS) is 10.3. The Bertz CT molecular complexity index is 453. The molecule has 5 nitrogen and oxygen atoms in total. The summed E-state index contributed by atoms with van der Waals surface area (Å²) in [6.45, 7) is 0.247. The van der Waals surface area contributed by atoms with E-state index in [2.05, 4.69) is 10.2 Å². The highest BCUT2D eigenvalue weighted by Crippen LogP contribution is 2.22. The third-order valence-electron chi connectivity index (χ3n) is 1.96. The molecule has 0 fully saturated rings. The third kappa shape index (κ3) is 1.97. The van der Waals surface area contributed by atoms with Crippen LogP contribution in [0.25, 0.3) is 11.5 Å². The van der Waals surface area contributed by atoms with E-state index >= 15 is 0 Å². The van der Waals surface area contributed by atoms with Gasteiger partial charge in [-0.2, -0.15) is 0 Å². The Labute approximate surface area is 86.9 Å². The molecule has 1 aromatic carbocycles. The minimum absolute atomic E-state index is 0.247. The maximum absolute atomic E-state index is 5.38. The highest BCUT2D eigenvalue weighted by Gasteiger charge is 2.07. The maximum atomic E-state index is 5.38. The molecule has 0 aliphatic carbocycles. The van der Waals surface area contributed by atoms with E-state index in [0.717, 1.165) is 11.3 Å². The zero-order chi connectivity index (χ0) is 10.7. The van der Waals surface area contributed by atoms with Crippen LogP contribution in [0.2, 0.25) is 0 Å². The molecule has 0 unspecified atom stereocenters. The number of nitrogens with zero attached hydrogens (tertiary/aromatic N) is 2. The fraction of sp³-hybridized carbons (Fsp3) is 0.200. The number of hydrogen-bond donors (Lipinski definition) is 1. The Kier molecular flexibility index (Phi) is 2.64. The van der Waals surface area contributed by atoms with Gasteiger partial charge >= 0.3 is 0 Å². The van der Waals surface area contributed by atoms with Crippen molar-refractivity contribution in [3.63, 3.8) is 0 Å². The minimum Gasteiger partial charge on any atom is -0.497 e. The zero-order valence-electron chi connectivity index (χ0n) is 8.30. The number of rotatable bonds is 3. The predicted octanol–water partition coefficient (Wildman–Crippen LogP) is 1.20. The van der Waals surface area contributed by atoms with Crippen LogP contribution in [0.4, 0.5) is 0 Å². The van der Waals surface area contributed by atoms with Crippen molar-refractivity contribution in [1.82, 2.24) is 10.2 Å². The number of aromatic nitrogens is 2. The molecule has 5 heteroatoms. The van der Waals surface area contributed by atoms with Gasteiger partial charge in [-0.3, -0.25) is 0 Å². The number of benzene rings is 1. The van der Waals surface area contributed by atoms with Crippen LogP contribution in [0.15, 0.2) is 28.7 Å². The van der Waals surface area contributed by atoms with E-state index in [0.29, 0.717) is 11.8 Å². The van der Waals surface area contributed by atoms with Gasteiger partial charge in [-0.15, -0.1) is 10.2 Å². The van der Waals surface area contributed by atoms with Gasteiger partial charge in [0, 0.05) is 5.56 Å². The lowest BCUT2D eigenvalue weighted by Crippen LogP contribution is -1.95. The second-order valence-corrected chi connectivity index (χ2v) is 2.94. The zero-order valence-corrected chi connectivity index (χ0v) is 8.30. The Balaban J connectivity index is 2.35. The Hall–Kier alpha value is -1.88. The van der Waals surface area contributed by atoms with Crippen molar-refractivity contribution in [2.75, 3.05) is 7.11 Å². The molecule has 0 aliphatic heterocycles. The molecule has 2 N–H and O–H groups in total. The molecule has 0 radical (unpaired) electrons. The van der Waals surface area contributed by atoms with Crippen molar-refractivity contribution < 1.29 is 9.15 Å². The van der Waals surface area contributed by atoms with E-state index in [1.807, 2.05) is 24.3 Å². The first-order chi connectivity index (χ1) is 7.33. The minimum atomic E-state index is 0.247. The summed E-state index contributed by atoms with van der Waals surface area (Å²) in [7, 11) is 1.61. The van der Waals surface area contributed by atoms with Crippen molar-refractivity contribution in [1.29, 1.82) is 0 Å². The molecule has 2 aromatic rings. The van der Waals surface area contributed by atoms with Crippen molar-refractivity contribution in [2.45, 2.75) is 6.54 Å². The number of nitrogens with two attached hydrogens (primary N) is 1. The second-order valence-electron chi connectivity index (χ2n) is 2.94. The highest BCUT2D eigenvalue weighted by molar-refractivity contribution is 5.55. The van der Waals surface area contributed by atoms with Gasteiger partial charge < -0.3 is 14.9 Å². The molecule has 0 saturated heterocycles. The molecular formula is C10H11N3O2. The summed E-state index contributed by atoms with van der Waals surface area (Å²) in [4.78, 5) is 0. The van der Waals surface area contributed by atoms with E-state index in [1.54, 1.807) is 7.11 Å². The van der Waals surface area contributed by atoms with Gasteiger partial charge in [0.05, 0.1) is 13.7 Å². The Morgan fingerprint density at radius 3 is 2.93 bits per heavy atom. The van der Waals surface area contributed by atoms with Gasteiger partial charge in [0.25, 0.3) is 0 Å². The molecule has 0 atom stereocenters. The number of ether oxygens (including phenoxy) is 1. The van der Waals surface area contributed by atoms with Crippen molar-refractivity contribution in [2.24, 2.45) is 5.73 Å². The van der Waals surface area contributed by atoms with Crippen LogP contribution in [0.3, 0.4) is 0 Å². The molecule has 78 valence electrons. The average molecular weight is 205 g/mol. The molecule has 15 heavy (non-hydrogen) atoms. The molecule has 0 bridgehead atoms. The van der Waals surface area contributed by atoms with Crippen LogP contribution < -0.4 is 10.5 Å². The van der Waals surface area contributed by atoms with Gasteiger partial charge in [0.2, 0.25) is 11.8 Å². The van der Waals surface area contributed by atoms with Gasteiger partial charge in [-0.25, -0.2) is 0 Å². The van der Waals surface area contributed by atoms with Crippen LogP contribution in [-0.2, 0) is 6.54 Å². The standard InChI is InChI=1S/C10H11N3O2/c1-14-8-4-2-3-7(5-8)10-13-12-9(6-11)15-10/h2-5H,6,11H2,1H3. The third-order valence-corrected chi connectivity index (χ3v) is 1.96. The number of methoxy groups -OCH3 is 1. The summed E-state index contributed by atoms with van der Waals surface area (Å²) in [6, 6.07) is 7.41. The van der Waals surface area contributed by atoms with Gasteiger partial charge in [-0.1, -0.05) is 6.07 Å². The predicted molar refractivity (Wildman–Crippen MR) is 54.2 cm³/mol. The first-order valence-corrected chi connectivity index (χ1v) is 4.50. The first kappa shape index (κ1) is 9.67. The highest BCUT2D eigenvalue weighted by atomic mass is 16.5. The largest absolute Gasteiger partial charge is 0.497 e. The SMILES string of the molecule is COc1cccc(-c2nnc(CN)o2)c1. The van der Waals surface area contributed by atoms with Crippen LogP contribution in [0, 0.1) is 0 Å². The Morgan fingerprint density at radius 2 is 2.27 bits per heavy atom. The molecule has 0 saturated carbocycles. The van der Waals surface area contributed by atoms with Crippen molar-refractivity contribution in [3.8, 4) is 17.2 Å². The van der Waals surface area contributed by atoms with Crippen LogP contribution >= 0.6 is 0 Å². The maximum Gasteiger partial charge on any atom is 0.247 e. The van der Waals surface area contributed by atoms with E-state index in [4.69, 9.17) is 14.9 Å². The first-order valence-electron chi connectivity index (χ1n) is 4.50. The smallest absolute Gasteiger partial charge is 0.247 e. The fourth-order valence-electron chi connectivity index (χ4n) is 1.21. The molecule has 0 amide bonds. The van der Waals surface area contributed by atoms with E-state index in [-0.39, 0.29) is 6.54 Å². The monoisotopic (exact) mass is 205 g/mol. The van der Waals surface area contributed by atoms with E-state index in [1.165, 1.54) is 0 Å². The summed E-state index contributed by atoms with van der Waals surface area (Å²) < 4.78 is 10.4. The van der Waals surface area contributed by atoms with Crippen molar-refractivity contribution >= 4 is 0 Å². The molecule has 1 heterocycles. The lowest BCUT2D eigenvalue weighted by atomic mass is 10.2. The molecule has 0 aliphatic rings. The summed E-state index contributed by atoms with van der Waals surface area (Å²) >= 11 is 0. The fourth-order valence-corrected chi connectivity index (χ4v) is 1.21. The summed E-state index contributed by atoms with van der Waals surface area (Å²) in [5, 5.41) is 7.66. The summed E-state index contributed by atoms with van der Waals surface area (Å²) in [5.74, 6) is 1.63. The summed E-state index contributed by atoms with van der Waals surface area (Å²) in [5.41, 5.74) is 6.20. The van der Waals surface area contributed by atoms with Crippen LogP contribution in [0.5, 0.6) is 5.75 Å². The lowest BCUT2D eigenvalue weighted by Gasteiger charge is -1.99. The average Bonchev–Trinajstić information content (AvgIpc) is 2.78. The number of hydrogen-bond acceptors (Lipinski definition) is 5.